The van der Waals surface area contributed by atoms with Crippen LogP contribution in [-0.4, -0.2) is 44.4 Å². The SMILES string of the molecule is COc1ccc(S(=O)(=O)N(CC(=O)N[C@H](C)CCc2ccccc2)C2CCCCC2)cc1Cl. The van der Waals surface area contributed by atoms with Gasteiger partial charge in [-0.1, -0.05) is 61.2 Å². The molecule has 0 spiro atoms. The number of ether oxygens (including phenoxy) is 1. The number of nitrogens with zero attached hydrogens (tertiary/aromatic N) is 1. The van der Waals surface area contributed by atoms with Gasteiger partial charge in [0.1, 0.15) is 5.75 Å². The summed E-state index contributed by atoms with van der Waals surface area (Å²) in [5.41, 5.74) is 1.21. The minimum atomic E-state index is -3.90. The molecule has 1 fully saturated rings. The van der Waals surface area contributed by atoms with Crippen molar-refractivity contribution in [1.82, 2.24) is 9.62 Å². The number of methoxy groups -OCH3 is 1. The van der Waals surface area contributed by atoms with E-state index >= 15 is 0 Å². The summed E-state index contributed by atoms with van der Waals surface area (Å²) in [5.74, 6) is 0.120. The molecule has 1 saturated carbocycles. The maximum Gasteiger partial charge on any atom is 0.243 e. The summed E-state index contributed by atoms with van der Waals surface area (Å²) >= 11 is 6.20. The van der Waals surface area contributed by atoms with E-state index in [2.05, 4.69) is 17.4 Å². The summed E-state index contributed by atoms with van der Waals surface area (Å²) in [6.45, 7) is 1.75. The maximum atomic E-state index is 13.6. The summed E-state index contributed by atoms with van der Waals surface area (Å²) < 4.78 is 33.6. The summed E-state index contributed by atoms with van der Waals surface area (Å²) in [6.07, 6.45) is 6.11. The lowest BCUT2D eigenvalue weighted by Gasteiger charge is -2.33. The fourth-order valence-corrected chi connectivity index (χ4v) is 6.27. The van der Waals surface area contributed by atoms with Gasteiger partial charge in [-0.2, -0.15) is 4.31 Å². The van der Waals surface area contributed by atoms with Crippen molar-refractivity contribution in [2.24, 2.45) is 0 Å². The number of aryl methyl sites for hydroxylation is 1. The Hall–Kier alpha value is -2.09. The van der Waals surface area contributed by atoms with Crippen LogP contribution >= 0.6 is 11.6 Å². The molecular weight excluding hydrogens is 460 g/mol. The van der Waals surface area contributed by atoms with Gasteiger partial charge in [0, 0.05) is 12.1 Å². The van der Waals surface area contributed by atoms with E-state index in [0.29, 0.717) is 5.75 Å². The minimum absolute atomic E-state index is 0.0657. The third-order valence-corrected chi connectivity index (χ3v) is 8.32. The number of nitrogens with one attached hydrogen (secondary N) is 1. The molecule has 1 atom stereocenters. The third kappa shape index (κ3) is 6.95. The third-order valence-electron chi connectivity index (χ3n) is 6.13. The zero-order valence-electron chi connectivity index (χ0n) is 19.3. The van der Waals surface area contributed by atoms with Crippen LogP contribution < -0.4 is 10.1 Å². The van der Waals surface area contributed by atoms with Gasteiger partial charge in [0.15, 0.2) is 0 Å². The van der Waals surface area contributed by atoms with Crippen LogP contribution in [0.3, 0.4) is 0 Å². The average molecular weight is 493 g/mol. The van der Waals surface area contributed by atoms with Crippen molar-refractivity contribution in [1.29, 1.82) is 0 Å². The molecule has 0 aliphatic heterocycles. The van der Waals surface area contributed by atoms with Crippen LogP contribution in [-0.2, 0) is 21.2 Å². The molecule has 1 N–H and O–H groups in total. The quantitative estimate of drug-likeness (QED) is 0.516. The van der Waals surface area contributed by atoms with E-state index < -0.39 is 10.0 Å². The number of carbonyl (C=O) groups is 1. The molecule has 1 aliphatic rings. The lowest BCUT2D eigenvalue weighted by molar-refractivity contribution is -0.122. The standard InChI is InChI=1S/C25H33ClN2O4S/c1-19(13-14-20-9-5-3-6-10-20)27-25(29)18-28(21-11-7-4-8-12-21)33(30,31)22-15-16-24(32-2)23(26)17-22/h3,5-6,9-10,15-17,19,21H,4,7-8,11-14,18H2,1-2H3,(H,27,29)/t19-/m1/s1. The van der Waals surface area contributed by atoms with Crippen LogP contribution in [0.4, 0.5) is 0 Å². The van der Waals surface area contributed by atoms with Gasteiger partial charge in [-0.05, 0) is 56.4 Å². The monoisotopic (exact) mass is 492 g/mol. The highest BCUT2D eigenvalue weighted by Gasteiger charge is 2.34. The van der Waals surface area contributed by atoms with Crippen LogP contribution in [0.5, 0.6) is 5.75 Å². The normalized spacial score (nSPS) is 15.9. The van der Waals surface area contributed by atoms with Gasteiger partial charge in [0.25, 0.3) is 0 Å². The van der Waals surface area contributed by atoms with Crippen LogP contribution in [0.1, 0.15) is 51.0 Å². The lowest BCUT2D eigenvalue weighted by atomic mass is 9.95. The van der Waals surface area contributed by atoms with E-state index in [9.17, 15) is 13.2 Å². The van der Waals surface area contributed by atoms with Crippen molar-refractivity contribution >= 4 is 27.5 Å². The van der Waals surface area contributed by atoms with E-state index in [1.54, 1.807) is 6.07 Å². The van der Waals surface area contributed by atoms with Crippen molar-refractivity contribution in [3.8, 4) is 5.75 Å². The van der Waals surface area contributed by atoms with Crippen LogP contribution in [0.2, 0.25) is 5.02 Å². The number of amides is 1. The first kappa shape index (κ1) is 25.5. The summed E-state index contributed by atoms with van der Waals surface area (Å²) in [7, 11) is -2.42. The summed E-state index contributed by atoms with van der Waals surface area (Å²) in [6, 6.07) is 14.2. The fraction of sp³-hybridized carbons (Fsp3) is 0.480. The van der Waals surface area contributed by atoms with Crippen LogP contribution in [0.25, 0.3) is 0 Å². The average Bonchev–Trinajstić information content (AvgIpc) is 2.82. The Balaban J connectivity index is 1.72. The van der Waals surface area contributed by atoms with Crippen molar-refractivity contribution in [2.45, 2.75) is 68.8 Å². The van der Waals surface area contributed by atoms with Crippen molar-refractivity contribution in [2.75, 3.05) is 13.7 Å². The van der Waals surface area contributed by atoms with E-state index in [-0.39, 0.29) is 34.5 Å². The maximum absolute atomic E-state index is 13.6. The molecule has 0 unspecified atom stereocenters. The zero-order chi connectivity index (χ0) is 23.8. The Labute approximate surface area is 202 Å². The number of rotatable bonds is 10. The number of benzene rings is 2. The lowest BCUT2D eigenvalue weighted by Crippen LogP contribution is -2.48. The second kappa shape index (κ2) is 11.9. The smallest absolute Gasteiger partial charge is 0.243 e. The van der Waals surface area contributed by atoms with E-state index in [0.717, 1.165) is 44.9 Å². The second-order valence-corrected chi connectivity index (χ2v) is 10.9. The molecule has 33 heavy (non-hydrogen) atoms. The molecule has 0 aromatic heterocycles. The Morgan fingerprint density at radius 2 is 1.85 bits per heavy atom. The van der Waals surface area contributed by atoms with Crippen LogP contribution in [0, 0.1) is 0 Å². The van der Waals surface area contributed by atoms with Gasteiger partial charge < -0.3 is 10.1 Å². The molecule has 8 heteroatoms. The predicted molar refractivity (Wildman–Crippen MR) is 131 cm³/mol. The first-order valence-electron chi connectivity index (χ1n) is 11.5. The van der Waals surface area contributed by atoms with Gasteiger partial charge in [0.2, 0.25) is 15.9 Å². The Morgan fingerprint density at radius 3 is 2.48 bits per heavy atom. The van der Waals surface area contributed by atoms with Gasteiger partial charge in [-0.3, -0.25) is 4.79 Å². The second-order valence-electron chi connectivity index (χ2n) is 8.63. The molecule has 0 radical (unpaired) electrons. The van der Waals surface area contributed by atoms with E-state index in [1.165, 1.54) is 29.1 Å². The highest BCUT2D eigenvalue weighted by molar-refractivity contribution is 7.89. The largest absolute Gasteiger partial charge is 0.495 e. The number of sulfonamides is 1. The van der Waals surface area contributed by atoms with Crippen molar-refractivity contribution in [3.05, 3.63) is 59.1 Å². The fourth-order valence-electron chi connectivity index (χ4n) is 4.28. The van der Waals surface area contributed by atoms with Crippen molar-refractivity contribution in [3.63, 3.8) is 0 Å². The van der Waals surface area contributed by atoms with Gasteiger partial charge in [-0.15, -0.1) is 0 Å². The molecule has 0 heterocycles. The Morgan fingerprint density at radius 1 is 1.15 bits per heavy atom. The highest BCUT2D eigenvalue weighted by atomic mass is 35.5. The predicted octanol–water partition coefficient (Wildman–Crippen LogP) is 4.81. The summed E-state index contributed by atoms with van der Waals surface area (Å²) in [5, 5.41) is 3.21. The first-order chi connectivity index (χ1) is 15.8. The van der Waals surface area contributed by atoms with E-state index in [4.69, 9.17) is 16.3 Å². The van der Waals surface area contributed by atoms with Gasteiger partial charge >= 0.3 is 0 Å². The molecule has 1 amide bonds. The first-order valence-corrected chi connectivity index (χ1v) is 13.3. The molecule has 6 nitrogen and oxygen atoms in total. The molecule has 2 aromatic carbocycles. The molecule has 0 bridgehead atoms. The number of hydrogen-bond acceptors (Lipinski definition) is 4. The zero-order valence-corrected chi connectivity index (χ0v) is 20.9. The number of hydrogen-bond donors (Lipinski definition) is 1. The molecule has 0 saturated heterocycles. The molecule has 3 rings (SSSR count). The van der Waals surface area contributed by atoms with Gasteiger partial charge in [0.05, 0.1) is 23.6 Å². The minimum Gasteiger partial charge on any atom is -0.495 e. The molecule has 1 aliphatic carbocycles. The molecule has 2 aromatic rings. The van der Waals surface area contributed by atoms with Gasteiger partial charge in [-0.25, -0.2) is 8.42 Å². The molecular formula is C25H33ClN2O4S. The number of halogens is 1. The molecule has 180 valence electrons. The topological polar surface area (TPSA) is 75.7 Å². The Kier molecular flexibility index (Phi) is 9.18. The summed E-state index contributed by atoms with van der Waals surface area (Å²) in [4.78, 5) is 13.0. The van der Waals surface area contributed by atoms with E-state index in [1.807, 2.05) is 25.1 Å². The van der Waals surface area contributed by atoms with Crippen molar-refractivity contribution < 1.29 is 17.9 Å². The highest BCUT2D eigenvalue weighted by Crippen LogP contribution is 2.31. The Bertz CT molecular complexity index is 1020. The number of carbonyl (C=O) groups excluding carboxylic acids is 1. The van der Waals surface area contributed by atoms with Crippen LogP contribution in [0.15, 0.2) is 53.4 Å².